The van der Waals surface area contributed by atoms with E-state index in [0.29, 0.717) is 5.46 Å². The monoisotopic (exact) mass is 478 g/mol. The van der Waals surface area contributed by atoms with E-state index in [0.717, 1.165) is 44.5 Å². The van der Waals surface area contributed by atoms with Gasteiger partial charge in [-0.1, -0.05) is 140 Å². The van der Waals surface area contributed by atoms with Crippen molar-refractivity contribution in [3.63, 3.8) is 0 Å². The van der Waals surface area contributed by atoms with Crippen LogP contribution in [0.2, 0.25) is 0 Å². The molecule has 2 nitrogen and oxygen atoms in total. The van der Waals surface area contributed by atoms with Gasteiger partial charge < -0.3 is 10.0 Å². The minimum Gasteiger partial charge on any atom is -0.423 e. The smallest absolute Gasteiger partial charge is 0.423 e. The Morgan fingerprint density at radius 3 is 1.22 bits per heavy atom. The molecule has 5 rings (SSSR count). The lowest BCUT2D eigenvalue weighted by atomic mass is 9.75. The Kier molecular flexibility index (Phi) is 7.56. The van der Waals surface area contributed by atoms with Crippen LogP contribution in [0.15, 0.2) is 140 Å². The molecule has 0 aliphatic rings. The maximum absolute atomic E-state index is 10.4. The Bertz CT molecular complexity index is 1430. The van der Waals surface area contributed by atoms with Crippen molar-refractivity contribution in [3.8, 4) is 0 Å². The molecule has 0 fully saturated rings. The molecule has 0 amide bonds. The summed E-state index contributed by atoms with van der Waals surface area (Å²) in [6.07, 6.45) is 4.13. The average molecular weight is 478 g/mol. The van der Waals surface area contributed by atoms with E-state index >= 15 is 0 Å². The van der Waals surface area contributed by atoms with Gasteiger partial charge in [-0.25, -0.2) is 0 Å². The molecule has 0 atom stereocenters. The van der Waals surface area contributed by atoms with Crippen molar-refractivity contribution in [1.82, 2.24) is 0 Å². The molecule has 0 radical (unpaired) electrons. The van der Waals surface area contributed by atoms with Gasteiger partial charge in [-0.15, -0.1) is 0 Å². The molecule has 0 spiro atoms. The van der Waals surface area contributed by atoms with Crippen molar-refractivity contribution in [2.24, 2.45) is 0 Å². The summed E-state index contributed by atoms with van der Waals surface area (Å²) in [6.45, 7) is 0. The van der Waals surface area contributed by atoms with Gasteiger partial charge in [-0.3, -0.25) is 0 Å². The Labute approximate surface area is 218 Å². The topological polar surface area (TPSA) is 40.5 Å². The molecule has 5 aromatic rings. The molecule has 0 bridgehead atoms. The average Bonchev–Trinajstić information content (AvgIpc) is 2.97. The van der Waals surface area contributed by atoms with Crippen LogP contribution in [-0.4, -0.2) is 17.2 Å². The second kappa shape index (κ2) is 11.5. The van der Waals surface area contributed by atoms with Crippen molar-refractivity contribution in [3.05, 3.63) is 173 Å². The van der Waals surface area contributed by atoms with Crippen LogP contribution in [-0.2, 0) is 0 Å². The summed E-state index contributed by atoms with van der Waals surface area (Å²) < 4.78 is 0. The van der Waals surface area contributed by atoms with Crippen molar-refractivity contribution >= 4 is 35.9 Å². The van der Waals surface area contributed by atoms with Crippen LogP contribution in [0.1, 0.15) is 33.4 Å². The molecule has 0 unspecified atom stereocenters. The van der Waals surface area contributed by atoms with Crippen LogP contribution in [0.25, 0.3) is 23.3 Å². The van der Waals surface area contributed by atoms with E-state index in [1.807, 2.05) is 97.1 Å². The maximum Gasteiger partial charge on any atom is 0.489 e. The Hall–Kier alpha value is -4.44. The van der Waals surface area contributed by atoms with Crippen molar-refractivity contribution in [2.45, 2.75) is 0 Å². The van der Waals surface area contributed by atoms with E-state index in [9.17, 15) is 10.0 Å². The predicted molar refractivity (Wildman–Crippen MR) is 156 cm³/mol. The number of rotatable bonds is 7. The van der Waals surface area contributed by atoms with Crippen LogP contribution in [0.4, 0.5) is 0 Å². The SMILES string of the molecule is OB(O)c1cc(C=C(c2ccccc2)c2ccccc2)ccc1C=C(c1ccccc1)c1ccccc1. The first-order chi connectivity index (χ1) is 18.2. The van der Waals surface area contributed by atoms with Gasteiger partial charge in [0.25, 0.3) is 0 Å². The molecular weight excluding hydrogens is 451 g/mol. The lowest BCUT2D eigenvalue weighted by Crippen LogP contribution is -2.32. The lowest BCUT2D eigenvalue weighted by molar-refractivity contribution is 0.425. The first-order valence-electron chi connectivity index (χ1n) is 12.3. The molecule has 2 N–H and O–H groups in total. The normalized spacial score (nSPS) is 10.4. The zero-order valence-corrected chi connectivity index (χ0v) is 20.4. The van der Waals surface area contributed by atoms with Crippen molar-refractivity contribution in [2.75, 3.05) is 0 Å². The van der Waals surface area contributed by atoms with E-state index in [1.165, 1.54) is 0 Å². The molecule has 37 heavy (non-hydrogen) atoms. The van der Waals surface area contributed by atoms with Crippen LogP contribution < -0.4 is 5.46 Å². The molecule has 0 aromatic heterocycles. The fraction of sp³-hybridized carbons (Fsp3) is 0. The van der Waals surface area contributed by atoms with Gasteiger partial charge in [0.15, 0.2) is 0 Å². The third-order valence-electron chi connectivity index (χ3n) is 6.34. The number of benzene rings is 5. The van der Waals surface area contributed by atoms with Crippen LogP contribution >= 0.6 is 0 Å². The maximum atomic E-state index is 10.4. The van der Waals surface area contributed by atoms with Crippen molar-refractivity contribution < 1.29 is 10.0 Å². The molecule has 3 heteroatoms. The summed E-state index contributed by atoms with van der Waals surface area (Å²) >= 11 is 0. The summed E-state index contributed by atoms with van der Waals surface area (Å²) in [5.74, 6) is 0. The molecule has 0 saturated carbocycles. The largest absolute Gasteiger partial charge is 0.489 e. The van der Waals surface area contributed by atoms with E-state index < -0.39 is 7.12 Å². The highest BCUT2D eigenvalue weighted by Crippen LogP contribution is 2.28. The van der Waals surface area contributed by atoms with Crippen molar-refractivity contribution in [1.29, 1.82) is 0 Å². The van der Waals surface area contributed by atoms with E-state index in [4.69, 9.17) is 0 Å². The zero-order valence-electron chi connectivity index (χ0n) is 20.4. The minimum absolute atomic E-state index is 0.457. The second-order valence-corrected chi connectivity index (χ2v) is 8.84. The molecule has 0 saturated heterocycles. The first kappa shape index (κ1) is 24.3. The Morgan fingerprint density at radius 1 is 0.459 bits per heavy atom. The van der Waals surface area contributed by atoms with Gasteiger partial charge >= 0.3 is 7.12 Å². The van der Waals surface area contributed by atoms with Gasteiger partial charge in [0, 0.05) is 0 Å². The number of hydrogen-bond acceptors (Lipinski definition) is 2. The quantitative estimate of drug-likeness (QED) is 0.206. The van der Waals surface area contributed by atoms with Gasteiger partial charge in [-0.2, -0.15) is 0 Å². The fourth-order valence-electron chi connectivity index (χ4n) is 4.50. The zero-order chi connectivity index (χ0) is 25.5. The highest BCUT2D eigenvalue weighted by Gasteiger charge is 2.17. The molecule has 0 aliphatic carbocycles. The standard InChI is InChI=1S/C34H27BO2/c36-35(37)34-24-26(23-32(27-13-5-1-6-14-27)28-15-7-2-8-16-28)21-22-31(34)25-33(29-17-9-3-10-18-29)30-19-11-4-12-20-30/h1-25,36-37H. The van der Waals surface area contributed by atoms with E-state index in [2.05, 4.69) is 54.6 Å². The van der Waals surface area contributed by atoms with Gasteiger partial charge in [-0.05, 0) is 62.1 Å². The second-order valence-electron chi connectivity index (χ2n) is 8.84. The third kappa shape index (κ3) is 5.87. The molecule has 178 valence electrons. The van der Waals surface area contributed by atoms with Gasteiger partial charge in [0.2, 0.25) is 0 Å². The van der Waals surface area contributed by atoms with Crippen LogP contribution in [0, 0.1) is 0 Å². The highest BCUT2D eigenvalue weighted by atomic mass is 16.4. The highest BCUT2D eigenvalue weighted by molar-refractivity contribution is 6.59. The van der Waals surface area contributed by atoms with Crippen LogP contribution in [0.5, 0.6) is 0 Å². The molecular formula is C34H27BO2. The lowest BCUT2D eigenvalue weighted by Gasteiger charge is -2.13. The Morgan fingerprint density at radius 2 is 0.838 bits per heavy atom. The first-order valence-corrected chi connectivity index (χ1v) is 12.3. The van der Waals surface area contributed by atoms with E-state index in [-0.39, 0.29) is 0 Å². The Balaban J connectivity index is 1.63. The number of hydrogen-bond donors (Lipinski definition) is 2. The van der Waals surface area contributed by atoms with Gasteiger partial charge in [0.05, 0.1) is 0 Å². The minimum atomic E-state index is -1.61. The summed E-state index contributed by atoms with van der Waals surface area (Å²) in [5.41, 5.74) is 8.51. The molecule has 5 aromatic carbocycles. The summed E-state index contributed by atoms with van der Waals surface area (Å²) in [4.78, 5) is 0. The molecule has 0 heterocycles. The summed E-state index contributed by atoms with van der Waals surface area (Å²) in [7, 11) is -1.61. The van der Waals surface area contributed by atoms with Crippen LogP contribution in [0.3, 0.4) is 0 Å². The molecule has 0 aliphatic heterocycles. The fourth-order valence-corrected chi connectivity index (χ4v) is 4.50. The summed E-state index contributed by atoms with van der Waals surface area (Å²) in [6, 6.07) is 46.6. The third-order valence-corrected chi connectivity index (χ3v) is 6.34. The predicted octanol–water partition coefficient (Wildman–Crippen LogP) is 6.54. The van der Waals surface area contributed by atoms with E-state index in [1.54, 1.807) is 0 Å². The van der Waals surface area contributed by atoms with Gasteiger partial charge in [0.1, 0.15) is 0 Å². The summed E-state index contributed by atoms with van der Waals surface area (Å²) in [5, 5.41) is 20.7.